The first-order valence-corrected chi connectivity index (χ1v) is 20.2. The van der Waals surface area contributed by atoms with Gasteiger partial charge in [-0.1, -0.05) is 190 Å². The van der Waals surface area contributed by atoms with Crippen LogP contribution >= 0.6 is 0 Å². The molecular formula is C46H68O3. The highest BCUT2D eigenvalue weighted by Gasteiger charge is 2.19. The summed E-state index contributed by atoms with van der Waals surface area (Å²) in [5.74, 6) is -0.205. The lowest BCUT2D eigenvalue weighted by Gasteiger charge is -2.19. The summed E-state index contributed by atoms with van der Waals surface area (Å²) in [4.78, 5) is 13.5. The molecule has 3 rings (SSSR count). The fourth-order valence-electron chi connectivity index (χ4n) is 6.78. The van der Waals surface area contributed by atoms with Gasteiger partial charge < -0.3 is 9.47 Å². The maximum absolute atomic E-state index is 13.5. The molecule has 0 radical (unpaired) electrons. The van der Waals surface area contributed by atoms with E-state index in [1.807, 2.05) is 24.3 Å². The van der Waals surface area contributed by atoms with E-state index in [0.29, 0.717) is 5.56 Å². The van der Waals surface area contributed by atoms with E-state index in [0.717, 1.165) is 55.4 Å². The van der Waals surface area contributed by atoms with Gasteiger partial charge in [0.15, 0.2) is 0 Å². The summed E-state index contributed by atoms with van der Waals surface area (Å²) in [7, 11) is 0. The summed E-state index contributed by atoms with van der Waals surface area (Å²) in [5, 5.41) is 0. The number of ether oxygens (including phenoxy) is 2. The number of carbonyl (C=O) groups excluding carboxylic acids is 1. The summed E-state index contributed by atoms with van der Waals surface area (Å²) in [6, 6.07) is 25.2. The molecule has 0 bridgehead atoms. The Morgan fingerprint density at radius 3 is 1.59 bits per heavy atom. The van der Waals surface area contributed by atoms with Crippen molar-refractivity contribution in [2.75, 3.05) is 6.61 Å². The van der Waals surface area contributed by atoms with Gasteiger partial charge in [0.1, 0.15) is 6.10 Å². The Morgan fingerprint density at radius 2 is 1.02 bits per heavy atom. The number of carbonyl (C=O) groups is 1. The molecule has 3 heteroatoms. The summed E-state index contributed by atoms with van der Waals surface area (Å²) in [6.45, 7) is 9.69. The predicted octanol–water partition coefficient (Wildman–Crippen LogP) is 14.5. The van der Waals surface area contributed by atoms with Crippen LogP contribution in [0.1, 0.15) is 178 Å². The molecule has 0 aliphatic heterocycles. The van der Waals surface area contributed by atoms with Crippen molar-refractivity contribution in [1.82, 2.24) is 0 Å². The van der Waals surface area contributed by atoms with Gasteiger partial charge in [-0.25, -0.2) is 4.79 Å². The number of benzene rings is 3. The number of hydrogen-bond donors (Lipinski definition) is 0. The molecule has 0 amide bonds. The first-order valence-electron chi connectivity index (χ1n) is 20.2. The smallest absolute Gasteiger partial charge is 0.339 e. The molecule has 2 atom stereocenters. The highest BCUT2D eigenvalue weighted by atomic mass is 16.5. The van der Waals surface area contributed by atoms with Crippen LogP contribution in [-0.4, -0.2) is 18.7 Å². The molecule has 0 saturated carbocycles. The Morgan fingerprint density at radius 1 is 0.531 bits per heavy atom. The van der Waals surface area contributed by atoms with Crippen molar-refractivity contribution in [3.63, 3.8) is 0 Å². The van der Waals surface area contributed by atoms with Gasteiger partial charge in [-0.2, -0.15) is 0 Å². The minimum atomic E-state index is -0.205. The van der Waals surface area contributed by atoms with E-state index in [1.165, 1.54) is 107 Å². The second kappa shape index (κ2) is 25.1. The van der Waals surface area contributed by atoms with Crippen molar-refractivity contribution in [2.24, 2.45) is 0 Å². The SMILES string of the molecule is CCCCCCCCCCCC(CCC)OC(=O)c1ccccc1-c1ccc(-c2ccc(C(C)OCCCCCCCCCC)cc2)cc1. The van der Waals surface area contributed by atoms with Crippen LogP contribution in [0.5, 0.6) is 0 Å². The zero-order valence-corrected chi connectivity index (χ0v) is 31.7. The summed E-state index contributed by atoms with van der Waals surface area (Å²) in [5.41, 5.74) is 6.15. The van der Waals surface area contributed by atoms with E-state index < -0.39 is 0 Å². The van der Waals surface area contributed by atoms with E-state index in [-0.39, 0.29) is 18.2 Å². The quantitative estimate of drug-likeness (QED) is 0.0599. The molecule has 0 heterocycles. The molecule has 0 aromatic heterocycles. The number of rotatable bonds is 27. The topological polar surface area (TPSA) is 35.5 Å². The molecule has 0 aliphatic carbocycles. The van der Waals surface area contributed by atoms with Crippen LogP contribution in [0.15, 0.2) is 72.8 Å². The van der Waals surface area contributed by atoms with Crippen molar-refractivity contribution in [2.45, 2.75) is 168 Å². The maximum Gasteiger partial charge on any atom is 0.339 e. The van der Waals surface area contributed by atoms with Crippen molar-refractivity contribution in [1.29, 1.82) is 0 Å². The van der Waals surface area contributed by atoms with Crippen molar-refractivity contribution >= 4 is 5.97 Å². The molecule has 2 unspecified atom stereocenters. The maximum atomic E-state index is 13.5. The highest BCUT2D eigenvalue weighted by Crippen LogP contribution is 2.30. The predicted molar refractivity (Wildman–Crippen MR) is 210 cm³/mol. The third-order valence-electron chi connectivity index (χ3n) is 9.94. The minimum absolute atomic E-state index is 0.0151. The second-order valence-electron chi connectivity index (χ2n) is 14.2. The summed E-state index contributed by atoms with van der Waals surface area (Å²) in [6.07, 6.45) is 25.2. The van der Waals surface area contributed by atoms with E-state index in [4.69, 9.17) is 9.47 Å². The van der Waals surface area contributed by atoms with Gasteiger partial charge >= 0.3 is 5.97 Å². The van der Waals surface area contributed by atoms with Crippen molar-refractivity contribution < 1.29 is 14.3 Å². The van der Waals surface area contributed by atoms with Crippen LogP contribution in [0.3, 0.4) is 0 Å². The molecule has 0 spiro atoms. The Labute approximate surface area is 300 Å². The molecule has 3 nitrogen and oxygen atoms in total. The first-order chi connectivity index (χ1) is 24.1. The lowest BCUT2D eigenvalue weighted by atomic mass is 9.96. The van der Waals surface area contributed by atoms with Crippen LogP contribution in [0.4, 0.5) is 0 Å². The van der Waals surface area contributed by atoms with E-state index in [9.17, 15) is 4.79 Å². The molecule has 270 valence electrons. The van der Waals surface area contributed by atoms with Gasteiger partial charge in [-0.15, -0.1) is 0 Å². The van der Waals surface area contributed by atoms with Crippen molar-refractivity contribution in [3.05, 3.63) is 83.9 Å². The molecule has 3 aromatic rings. The lowest BCUT2D eigenvalue weighted by molar-refractivity contribution is 0.0254. The normalized spacial score (nSPS) is 12.6. The molecule has 3 aromatic carbocycles. The second-order valence-corrected chi connectivity index (χ2v) is 14.2. The monoisotopic (exact) mass is 669 g/mol. The van der Waals surface area contributed by atoms with E-state index in [1.54, 1.807) is 0 Å². The molecular weight excluding hydrogens is 601 g/mol. The minimum Gasteiger partial charge on any atom is -0.459 e. The van der Waals surface area contributed by atoms with Crippen LogP contribution in [0.25, 0.3) is 22.3 Å². The molecule has 49 heavy (non-hydrogen) atoms. The third kappa shape index (κ3) is 15.7. The Hall–Kier alpha value is -2.91. The number of hydrogen-bond acceptors (Lipinski definition) is 3. The molecule has 0 aliphatic rings. The third-order valence-corrected chi connectivity index (χ3v) is 9.94. The average Bonchev–Trinajstić information content (AvgIpc) is 3.13. The van der Waals surface area contributed by atoms with Crippen LogP contribution in [0, 0.1) is 0 Å². The Kier molecular flexibility index (Phi) is 20.8. The van der Waals surface area contributed by atoms with Crippen molar-refractivity contribution in [3.8, 4) is 22.3 Å². The fraction of sp³-hybridized carbons (Fsp3) is 0.587. The molecule has 0 N–H and O–H groups in total. The molecule has 0 fully saturated rings. The number of esters is 1. The zero-order chi connectivity index (χ0) is 34.9. The van der Waals surface area contributed by atoms with E-state index in [2.05, 4.69) is 76.2 Å². The Bertz CT molecular complexity index is 1260. The van der Waals surface area contributed by atoms with Gasteiger partial charge in [-0.3, -0.25) is 0 Å². The van der Waals surface area contributed by atoms with Gasteiger partial charge in [0.2, 0.25) is 0 Å². The Balaban J connectivity index is 1.49. The van der Waals surface area contributed by atoms with Crippen LogP contribution in [0.2, 0.25) is 0 Å². The first kappa shape index (κ1) is 40.5. The average molecular weight is 669 g/mol. The number of unbranched alkanes of at least 4 members (excludes halogenated alkanes) is 15. The van der Waals surface area contributed by atoms with Gasteiger partial charge in [0.25, 0.3) is 0 Å². The van der Waals surface area contributed by atoms with E-state index >= 15 is 0 Å². The van der Waals surface area contributed by atoms with Crippen LogP contribution < -0.4 is 0 Å². The standard InChI is InChI=1S/C46H68O3/c1-5-8-10-12-14-16-17-19-21-26-43(25-7-3)49-46(47)45-28-23-22-27-44(45)42-35-33-41(34-36-42)40-31-29-39(30-32-40)38(4)48-37-24-20-18-15-13-11-9-6-2/h22-23,27-36,38,43H,5-21,24-26,37H2,1-4H3. The lowest BCUT2D eigenvalue weighted by Crippen LogP contribution is -2.19. The zero-order valence-electron chi connectivity index (χ0n) is 31.7. The largest absolute Gasteiger partial charge is 0.459 e. The highest BCUT2D eigenvalue weighted by molar-refractivity contribution is 5.97. The van der Waals surface area contributed by atoms with Gasteiger partial charge in [0, 0.05) is 6.61 Å². The summed E-state index contributed by atoms with van der Waals surface area (Å²) < 4.78 is 12.3. The van der Waals surface area contributed by atoms with Gasteiger partial charge in [-0.05, 0) is 66.5 Å². The summed E-state index contributed by atoms with van der Waals surface area (Å²) >= 11 is 0. The fourth-order valence-corrected chi connectivity index (χ4v) is 6.78. The van der Waals surface area contributed by atoms with Gasteiger partial charge in [0.05, 0.1) is 11.7 Å². The molecule has 0 saturated heterocycles. The van der Waals surface area contributed by atoms with Crippen LogP contribution in [-0.2, 0) is 9.47 Å².